The maximum Gasteiger partial charge on any atom is 0.274 e. The van der Waals surface area contributed by atoms with Crippen LogP contribution in [0.3, 0.4) is 0 Å². The van der Waals surface area contributed by atoms with Crippen molar-refractivity contribution in [1.82, 2.24) is 20.3 Å². The van der Waals surface area contributed by atoms with Crippen LogP contribution in [0.5, 0.6) is 5.75 Å². The van der Waals surface area contributed by atoms with Gasteiger partial charge in [0, 0.05) is 42.4 Å². The van der Waals surface area contributed by atoms with Gasteiger partial charge in [-0.1, -0.05) is 35.5 Å². The number of methoxy groups -OCH3 is 1. The van der Waals surface area contributed by atoms with Gasteiger partial charge in [-0.3, -0.25) is 19.7 Å². The summed E-state index contributed by atoms with van der Waals surface area (Å²) in [5, 5.41) is 22.3. The van der Waals surface area contributed by atoms with Crippen molar-refractivity contribution in [2.75, 3.05) is 19.1 Å². The zero-order valence-corrected chi connectivity index (χ0v) is 24.8. The van der Waals surface area contributed by atoms with Crippen LogP contribution in [0.25, 0.3) is 11.3 Å². The minimum atomic E-state index is -1.19. The molecule has 0 radical (unpaired) electrons. The van der Waals surface area contributed by atoms with Crippen LogP contribution in [0, 0.1) is 21.7 Å². The number of ether oxygens (including phenoxy) is 1. The standard InChI is InChI=1S/C33H28F2N6O5/c1-39(27-10-12-28(46-2)13-11-27)33(43)29(16-21-14-25(34)18-26(35)15-21)36-32(42)23-8-5-7-22(17-23)30-20-40(38-37-30)19-24-6-3-4-9-31(24)41(44)45/h3-15,17-18,20,29H,16,19H2,1-2H3,(H,36,42)/t29-/m0/s1. The summed E-state index contributed by atoms with van der Waals surface area (Å²) in [4.78, 5) is 39.4. The van der Waals surface area contributed by atoms with Crippen LogP contribution < -0.4 is 15.0 Å². The molecule has 0 fully saturated rings. The molecular weight excluding hydrogens is 598 g/mol. The first kappa shape index (κ1) is 31.4. The van der Waals surface area contributed by atoms with Crippen LogP contribution in [0.4, 0.5) is 20.2 Å². The minimum Gasteiger partial charge on any atom is -0.497 e. The van der Waals surface area contributed by atoms with E-state index in [-0.39, 0.29) is 29.8 Å². The zero-order valence-electron chi connectivity index (χ0n) is 24.8. The predicted octanol–water partition coefficient (Wildman–Crippen LogP) is 5.19. The average Bonchev–Trinajstić information content (AvgIpc) is 3.52. The number of halogens is 2. The minimum absolute atomic E-state index is 0.0408. The Morgan fingerprint density at radius 2 is 1.72 bits per heavy atom. The molecule has 0 saturated heterocycles. The van der Waals surface area contributed by atoms with Crippen molar-refractivity contribution >= 4 is 23.2 Å². The van der Waals surface area contributed by atoms with Gasteiger partial charge in [0.2, 0.25) is 5.91 Å². The van der Waals surface area contributed by atoms with Gasteiger partial charge < -0.3 is 15.0 Å². The van der Waals surface area contributed by atoms with Gasteiger partial charge in [0.15, 0.2) is 0 Å². The Morgan fingerprint density at radius 1 is 1.00 bits per heavy atom. The molecule has 0 aliphatic carbocycles. The fourth-order valence-corrected chi connectivity index (χ4v) is 4.90. The van der Waals surface area contributed by atoms with E-state index in [1.807, 2.05) is 0 Å². The van der Waals surface area contributed by atoms with E-state index < -0.39 is 34.4 Å². The number of hydrogen-bond acceptors (Lipinski definition) is 7. The van der Waals surface area contributed by atoms with Crippen LogP contribution in [-0.2, 0) is 17.8 Å². The number of benzene rings is 4. The van der Waals surface area contributed by atoms with Gasteiger partial charge in [0.25, 0.3) is 11.6 Å². The van der Waals surface area contributed by atoms with Gasteiger partial charge in [0.1, 0.15) is 29.1 Å². The van der Waals surface area contributed by atoms with Crippen molar-refractivity contribution in [3.63, 3.8) is 0 Å². The summed E-state index contributed by atoms with van der Waals surface area (Å²) in [6.07, 6.45) is 1.42. The van der Waals surface area contributed by atoms with Crippen LogP contribution in [0.2, 0.25) is 0 Å². The summed E-state index contributed by atoms with van der Waals surface area (Å²) in [6.45, 7) is 0.108. The molecule has 1 atom stereocenters. The Bertz CT molecular complexity index is 1880. The molecule has 5 aromatic rings. The first-order chi connectivity index (χ1) is 22.1. The number of para-hydroxylation sites is 1. The second kappa shape index (κ2) is 13.8. The third-order valence-corrected chi connectivity index (χ3v) is 7.24. The van der Waals surface area contributed by atoms with Gasteiger partial charge in [0.05, 0.1) is 30.3 Å². The number of nitrogens with zero attached hydrogens (tertiary/aromatic N) is 5. The maximum atomic E-state index is 14.0. The molecule has 1 heterocycles. The molecule has 1 N–H and O–H groups in total. The first-order valence-electron chi connectivity index (χ1n) is 14.0. The summed E-state index contributed by atoms with van der Waals surface area (Å²) in [5.41, 5.74) is 2.25. The van der Waals surface area contributed by atoms with Crippen LogP contribution >= 0.6 is 0 Å². The quantitative estimate of drug-likeness (QED) is 0.158. The lowest BCUT2D eigenvalue weighted by atomic mass is 10.0. The molecule has 1 aromatic heterocycles. The third kappa shape index (κ3) is 7.38. The predicted molar refractivity (Wildman–Crippen MR) is 165 cm³/mol. The molecule has 4 aromatic carbocycles. The zero-order chi connectivity index (χ0) is 32.8. The molecule has 0 saturated carbocycles. The number of anilines is 1. The molecule has 11 nitrogen and oxygen atoms in total. The van der Waals surface area contributed by atoms with E-state index in [0.717, 1.165) is 18.2 Å². The van der Waals surface area contributed by atoms with Crippen molar-refractivity contribution in [2.45, 2.75) is 19.0 Å². The monoisotopic (exact) mass is 626 g/mol. The molecule has 0 bridgehead atoms. The van der Waals surface area contributed by atoms with Crippen molar-refractivity contribution in [2.24, 2.45) is 0 Å². The van der Waals surface area contributed by atoms with Gasteiger partial charge >= 0.3 is 0 Å². The number of nitro groups is 1. The molecule has 13 heteroatoms. The first-order valence-corrected chi connectivity index (χ1v) is 14.0. The second-order valence-electron chi connectivity index (χ2n) is 10.4. The Labute approximate surface area is 262 Å². The number of aromatic nitrogens is 3. The number of nitrogens with one attached hydrogen (secondary N) is 1. The largest absolute Gasteiger partial charge is 0.497 e. The highest BCUT2D eigenvalue weighted by Gasteiger charge is 2.27. The number of likely N-dealkylation sites (N-methyl/N-ethyl adjacent to an activating group) is 1. The molecule has 46 heavy (non-hydrogen) atoms. The molecule has 0 aliphatic rings. The highest BCUT2D eigenvalue weighted by molar-refractivity contribution is 6.02. The molecule has 0 spiro atoms. The lowest BCUT2D eigenvalue weighted by Gasteiger charge is -2.25. The summed E-state index contributed by atoms with van der Waals surface area (Å²) >= 11 is 0. The summed E-state index contributed by atoms with van der Waals surface area (Å²) in [5.74, 6) is -2.15. The molecular formula is C33H28F2N6O5. The van der Waals surface area contributed by atoms with E-state index in [4.69, 9.17) is 4.74 Å². The van der Waals surface area contributed by atoms with Crippen LogP contribution in [0.1, 0.15) is 21.5 Å². The van der Waals surface area contributed by atoms with Gasteiger partial charge in [-0.2, -0.15) is 0 Å². The van der Waals surface area contributed by atoms with E-state index in [2.05, 4.69) is 15.6 Å². The fraction of sp³-hybridized carbons (Fsp3) is 0.152. The number of carbonyl (C=O) groups excluding carboxylic acids is 2. The van der Waals surface area contributed by atoms with Crippen molar-refractivity contribution in [3.8, 4) is 17.0 Å². The Morgan fingerprint density at radius 3 is 2.41 bits per heavy atom. The number of hydrogen-bond donors (Lipinski definition) is 1. The van der Waals surface area contributed by atoms with Gasteiger partial charge in [-0.25, -0.2) is 13.5 Å². The smallest absolute Gasteiger partial charge is 0.274 e. The van der Waals surface area contributed by atoms with Crippen LogP contribution in [0.15, 0.2) is 97.2 Å². The summed E-state index contributed by atoms with van der Waals surface area (Å²) in [7, 11) is 3.05. The van der Waals surface area contributed by atoms with Crippen LogP contribution in [-0.4, -0.2) is 51.9 Å². The topological polar surface area (TPSA) is 132 Å². The van der Waals surface area contributed by atoms with Crippen molar-refractivity contribution in [1.29, 1.82) is 0 Å². The van der Waals surface area contributed by atoms with Gasteiger partial charge in [-0.05, 0) is 54.1 Å². The maximum absolute atomic E-state index is 14.0. The Hall–Kier alpha value is -5.98. The molecule has 2 amide bonds. The molecule has 0 unspecified atom stereocenters. The van der Waals surface area contributed by atoms with Crippen molar-refractivity contribution in [3.05, 3.63) is 136 Å². The average molecular weight is 627 g/mol. The van der Waals surface area contributed by atoms with E-state index in [9.17, 15) is 28.5 Å². The summed E-state index contributed by atoms with van der Waals surface area (Å²) < 4.78 is 34.6. The number of carbonyl (C=O) groups is 2. The van der Waals surface area contributed by atoms with E-state index in [1.54, 1.807) is 72.9 Å². The van der Waals surface area contributed by atoms with Crippen molar-refractivity contribution < 1.29 is 28.0 Å². The SMILES string of the molecule is COc1ccc(N(C)C(=O)[C@H](Cc2cc(F)cc(F)c2)NC(=O)c2cccc(-c3cn(Cc4ccccc4[N+](=O)[O-])nn3)c2)cc1. The second-order valence-corrected chi connectivity index (χ2v) is 10.4. The number of amides is 2. The highest BCUT2D eigenvalue weighted by atomic mass is 19.1. The number of nitro benzene ring substituents is 1. The Kier molecular flexibility index (Phi) is 9.41. The molecule has 234 valence electrons. The fourth-order valence-electron chi connectivity index (χ4n) is 4.90. The summed E-state index contributed by atoms with van der Waals surface area (Å²) in [6, 6.07) is 21.2. The van der Waals surface area contributed by atoms with E-state index >= 15 is 0 Å². The lowest BCUT2D eigenvalue weighted by molar-refractivity contribution is -0.385. The third-order valence-electron chi connectivity index (χ3n) is 7.24. The highest BCUT2D eigenvalue weighted by Crippen LogP contribution is 2.23. The van der Waals surface area contributed by atoms with E-state index in [1.165, 1.54) is 29.8 Å². The normalized spacial score (nSPS) is 11.5. The Balaban J connectivity index is 1.37. The molecule has 5 rings (SSSR count). The van der Waals surface area contributed by atoms with Gasteiger partial charge in [-0.15, -0.1) is 5.10 Å². The lowest BCUT2D eigenvalue weighted by Crippen LogP contribution is -2.48. The number of rotatable bonds is 11. The molecule has 0 aliphatic heterocycles. The van der Waals surface area contributed by atoms with E-state index in [0.29, 0.717) is 28.3 Å².